The second-order valence-electron chi connectivity index (χ2n) is 6.75. The maximum absolute atomic E-state index is 12.7. The van der Waals surface area contributed by atoms with Crippen molar-refractivity contribution < 1.29 is 22.7 Å². The van der Waals surface area contributed by atoms with Crippen LogP contribution in [0.2, 0.25) is 5.02 Å². The monoisotopic (exact) mass is 436 g/mol. The summed E-state index contributed by atoms with van der Waals surface area (Å²) in [6.45, 7) is -0.622. The topological polar surface area (TPSA) is 71.1 Å². The minimum absolute atomic E-state index is 0.148. The third-order valence-corrected chi connectivity index (χ3v) is 4.99. The summed E-state index contributed by atoms with van der Waals surface area (Å²) < 4.78 is 41.4. The zero-order chi connectivity index (χ0) is 21.3. The fourth-order valence-corrected chi connectivity index (χ4v) is 3.52. The highest BCUT2D eigenvalue weighted by Gasteiger charge is 2.29. The number of aromatic nitrogens is 3. The second kappa shape index (κ2) is 7.98. The Morgan fingerprint density at radius 2 is 2.17 bits per heavy atom. The van der Waals surface area contributed by atoms with E-state index in [2.05, 4.69) is 19.7 Å². The molecule has 6 nitrogen and oxygen atoms in total. The molecule has 0 aromatic carbocycles. The van der Waals surface area contributed by atoms with E-state index < -0.39 is 12.8 Å². The highest BCUT2D eigenvalue weighted by atomic mass is 35.5. The number of H-pyrrole nitrogens is 1. The Bertz CT molecular complexity index is 1130. The van der Waals surface area contributed by atoms with Crippen LogP contribution in [0.3, 0.4) is 0 Å². The van der Waals surface area contributed by atoms with E-state index >= 15 is 0 Å². The summed E-state index contributed by atoms with van der Waals surface area (Å²) in [6.07, 6.45) is 2.93. The number of alkyl halides is 3. The maximum atomic E-state index is 12.7. The predicted molar refractivity (Wildman–Crippen MR) is 105 cm³/mol. The number of fused-ring (bicyclic) bond motifs is 1. The van der Waals surface area contributed by atoms with Crippen molar-refractivity contribution in [3.8, 4) is 5.88 Å². The molecule has 0 saturated carbocycles. The number of nitrogens with one attached hydrogen (secondary N) is 1. The van der Waals surface area contributed by atoms with E-state index in [9.17, 15) is 18.0 Å². The summed E-state index contributed by atoms with van der Waals surface area (Å²) in [5.74, 6) is -0.665. The van der Waals surface area contributed by atoms with Gasteiger partial charge in [-0.15, -0.1) is 0 Å². The first kappa shape index (κ1) is 20.2. The molecule has 3 aromatic rings. The van der Waals surface area contributed by atoms with Gasteiger partial charge in [-0.1, -0.05) is 17.7 Å². The number of nitrogens with zero attached hydrogens (tertiary/aromatic N) is 3. The van der Waals surface area contributed by atoms with E-state index in [1.165, 1.54) is 12.3 Å². The van der Waals surface area contributed by atoms with Crippen LogP contribution in [0.4, 0.5) is 13.2 Å². The van der Waals surface area contributed by atoms with Gasteiger partial charge in [-0.05, 0) is 30.2 Å². The van der Waals surface area contributed by atoms with Crippen LogP contribution in [-0.4, -0.2) is 51.6 Å². The van der Waals surface area contributed by atoms with Gasteiger partial charge in [0.25, 0.3) is 5.91 Å². The third-order valence-electron chi connectivity index (χ3n) is 4.72. The van der Waals surface area contributed by atoms with Crippen molar-refractivity contribution in [1.82, 2.24) is 19.9 Å². The Balaban J connectivity index is 1.46. The van der Waals surface area contributed by atoms with Crippen LogP contribution in [0.15, 0.2) is 42.9 Å². The lowest BCUT2D eigenvalue weighted by molar-refractivity contribution is -0.154. The molecule has 1 aliphatic heterocycles. The molecule has 0 spiro atoms. The number of ether oxygens (including phenoxy) is 1. The Labute approximate surface area is 174 Å². The molecule has 0 atom stereocenters. The van der Waals surface area contributed by atoms with Gasteiger partial charge in [0.2, 0.25) is 5.88 Å². The van der Waals surface area contributed by atoms with E-state index in [1.54, 1.807) is 11.1 Å². The first-order valence-electron chi connectivity index (χ1n) is 9.08. The molecule has 1 aliphatic rings. The van der Waals surface area contributed by atoms with Gasteiger partial charge in [0.1, 0.15) is 10.7 Å². The SMILES string of the molecule is O=C(c1cnc(OCC(F)(F)F)c(Cl)c1)N1CC=C(c2c[nH]c3ncccc23)CC1. The fraction of sp³-hybridized carbons (Fsp3) is 0.250. The van der Waals surface area contributed by atoms with E-state index in [4.69, 9.17) is 11.6 Å². The van der Waals surface area contributed by atoms with Crippen molar-refractivity contribution in [3.05, 3.63) is 59.0 Å². The smallest absolute Gasteiger partial charge is 0.422 e. The first-order chi connectivity index (χ1) is 14.3. The van der Waals surface area contributed by atoms with Gasteiger partial charge < -0.3 is 14.6 Å². The van der Waals surface area contributed by atoms with Gasteiger partial charge in [-0.3, -0.25) is 4.79 Å². The van der Waals surface area contributed by atoms with Crippen LogP contribution in [-0.2, 0) is 0 Å². The second-order valence-corrected chi connectivity index (χ2v) is 7.15. The fourth-order valence-electron chi connectivity index (χ4n) is 3.30. The zero-order valence-electron chi connectivity index (χ0n) is 15.5. The zero-order valence-corrected chi connectivity index (χ0v) is 16.3. The number of pyridine rings is 2. The van der Waals surface area contributed by atoms with Crippen LogP contribution in [0.5, 0.6) is 5.88 Å². The van der Waals surface area contributed by atoms with Crippen molar-refractivity contribution >= 4 is 34.1 Å². The van der Waals surface area contributed by atoms with Gasteiger partial charge in [0.05, 0.1) is 5.56 Å². The maximum Gasteiger partial charge on any atom is 0.422 e. The van der Waals surface area contributed by atoms with Gasteiger partial charge >= 0.3 is 6.18 Å². The molecule has 10 heteroatoms. The summed E-state index contributed by atoms with van der Waals surface area (Å²) in [7, 11) is 0. The summed E-state index contributed by atoms with van der Waals surface area (Å²) in [5.41, 5.74) is 3.17. The van der Waals surface area contributed by atoms with Crippen molar-refractivity contribution in [2.24, 2.45) is 0 Å². The minimum Gasteiger partial charge on any atom is -0.467 e. The van der Waals surface area contributed by atoms with Crippen molar-refractivity contribution in [2.45, 2.75) is 12.6 Å². The third kappa shape index (κ3) is 4.25. The standard InChI is InChI=1S/C20H16ClF3N4O2/c21-16-8-13(9-27-18(16)30-11-20(22,23)24)19(29)28-6-3-12(4-7-28)15-10-26-17-14(15)2-1-5-25-17/h1-3,5,8-10H,4,6-7,11H2,(H,25,26). The largest absolute Gasteiger partial charge is 0.467 e. The minimum atomic E-state index is -4.50. The number of amides is 1. The number of hydrogen-bond donors (Lipinski definition) is 1. The lowest BCUT2D eigenvalue weighted by Gasteiger charge is -2.26. The quantitative estimate of drug-likeness (QED) is 0.654. The molecule has 1 amide bonds. The lowest BCUT2D eigenvalue weighted by Crippen LogP contribution is -2.34. The van der Waals surface area contributed by atoms with Crippen molar-refractivity contribution in [1.29, 1.82) is 0 Å². The normalized spacial score (nSPS) is 14.7. The van der Waals surface area contributed by atoms with E-state index in [-0.39, 0.29) is 22.4 Å². The molecule has 3 aromatic heterocycles. The Kier molecular flexibility index (Phi) is 5.38. The Morgan fingerprint density at radius 1 is 1.33 bits per heavy atom. The summed E-state index contributed by atoms with van der Waals surface area (Å²) in [5, 5.41) is 0.874. The molecule has 156 valence electrons. The highest BCUT2D eigenvalue weighted by molar-refractivity contribution is 6.32. The van der Waals surface area contributed by atoms with Crippen LogP contribution in [0.25, 0.3) is 16.6 Å². The van der Waals surface area contributed by atoms with Crippen LogP contribution >= 0.6 is 11.6 Å². The summed E-state index contributed by atoms with van der Waals surface area (Å²) in [6, 6.07) is 5.13. The van der Waals surface area contributed by atoms with Gasteiger partial charge in [0.15, 0.2) is 6.61 Å². The van der Waals surface area contributed by atoms with Crippen LogP contribution in [0, 0.1) is 0 Å². The lowest BCUT2D eigenvalue weighted by atomic mass is 9.99. The average molecular weight is 437 g/mol. The van der Waals surface area contributed by atoms with Gasteiger partial charge in [0, 0.05) is 42.6 Å². The highest BCUT2D eigenvalue weighted by Crippen LogP contribution is 2.30. The Hall–Kier alpha value is -3.07. The number of carbonyl (C=O) groups is 1. The molecule has 1 N–H and O–H groups in total. The number of aromatic amines is 1. The van der Waals surface area contributed by atoms with E-state index in [1.807, 2.05) is 24.4 Å². The number of hydrogen-bond acceptors (Lipinski definition) is 4. The molecule has 0 aliphatic carbocycles. The first-order valence-corrected chi connectivity index (χ1v) is 9.45. The van der Waals surface area contributed by atoms with Crippen LogP contribution < -0.4 is 4.74 Å². The molecule has 0 radical (unpaired) electrons. The molecule has 4 heterocycles. The van der Waals surface area contributed by atoms with E-state index in [0.717, 1.165) is 22.2 Å². The van der Waals surface area contributed by atoms with E-state index in [0.29, 0.717) is 19.5 Å². The van der Waals surface area contributed by atoms with Crippen molar-refractivity contribution in [3.63, 3.8) is 0 Å². The molecule has 0 unspecified atom stereocenters. The molecule has 30 heavy (non-hydrogen) atoms. The molecular weight excluding hydrogens is 421 g/mol. The number of halogens is 4. The van der Waals surface area contributed by atoms with Gasteiger partial charge in [-0.2, -0.15) is 13.2 Å². The van der Waals surface area contributed by atoms with Crippen molar-refractivity contribution in [2.75, 3.05) is 19.7 Å². The molecule has 0 bridgehead atoms. The number of rotatable bonds is 4. The molecular formula is C20H16ClF3N4O2. The summed E-state index contributed by atoms with van der Waals surface area (Å²) in [4.78, 5) is 25.6. The average Bonchev–Trinajstić information content (AvgIpc) is 3.16. The number of carbonyl (C=O) groups excluding carboxylic acids is 1. The Morgan fingerprint density at radius 3 is 2.87 bits per heavy atom. The molecule has 0 saturated heterocycles. The summed E-state index contributed by atoms with van der Waals surface area (Å²) >= 11 is 5.94. The predicted octanol–water partition coefficient (Wildman–Crippen LogP) is 4.48. The molecule has 0 fully saturated rings. The molecule has 4 rings (SSSR count). The van der Waals surface area contributed by atoms with Crippen LogP contribution in [0.1, 0.15) is 22.3 Å². The van der Waals surface area contributed by atoms with Gasteiger partial charge in [-0.25, -0.2) is 9.97 Å².